The molecule has 0 aromatic heterocycles. The first-order valence-electron chi connectivity index (χ1n) is 5.22. The molecule has 3 nitrogen and oxygen atoms in total. The van der Waals surface area contributed by atoms with E-state index in [0.717, 1.165) is 12.0 Å². The van der Waals surface area contributed by atoms with Gasteiger partial charge in [-0.05, 0) is 42.9 Å². The van der Waals surface area contributed by atoms with Crippen LogP contribution in [0.1, 0.15) is 18.4 Å². The van der Waals surface area contributed by atoms with Crippen LogP contribution in [0.2, 0.25) is 0 Å². The smallest absolute Gasteiger partial charge is 0.225 e. The lowest BCUT2D eigenvalue weighted by atomic mass is 10.1. The van der Waals surface area contributed by atoms with Crippen molar-refractivity contribution in [2.24, 2.45) is 11.1 Å². The van der Waals surface area contributed by atoms with Gasteiger partial charge < -0.3 is 0 Å². The van der Waals surface area contributed by atoms with Gasteiger partial charge >= 0.3 is 0 Å². The van der Waals surface area contributed by atoms with E-state index in [0.29, 0.717) is 5.92 Å². The second-order valence-corrected chi connectivity index (χ2v) is 6.37. The fraction of sp³-hybridized carbons (Fsp3) is 0.455. The molecule has 5 heteroatoms. The van der Waals surface area contributed by atoms with Gasteiger partial charge in [0.15, 0.2) is 0 Å². The fourth-order valence-corrected chi connectivity index (χ4v) is 2.61. The highest BCUT2D eigenvalue weighted by Crippen LogP contribution is 2.37. The van der Waals surface area contributed by atoms with E-state index in [4.69, 9.17) is 16.7 Å². The fourth-order valence-electron chi connectivity index (χ4n) is 1.66. The Bertz CT molecular complexity index is 465. The Morgan fingerprint density at radius 3 is 2.31 bits per heavy atom. The number of nitrogens with two attached hydrogens (primary N) is 1. The minimum atomic E-state index is -3.59. The molecule has 88 valence electrons. The number of alkyl halides is 1. The summed E-state index contributed by atoms with van der Waals surface area (Å²) in [6, 6.07) is 6.61. The summed E-state index contributed by atoms with van der Waals surface area (Å²) in [5, 5.41) is 5.18. The molecule has 1 aromatic carbocycles. The number of hydrogen-bond acceptors (Lipinski definition) is 2. The van der Waals surface area contributed by atoms with E-state index in [-0.39, 0.29) is 10.3 Å². The highest BCUT2D eigenvalue weighted by atomic mass is 35.5. The van der Waals surface area contributed by atoms with Crippen molar-refractivity contribution >= 4 is 21.6 Å². The van der Waals surface area contributed by atoms with Gasteiger partial charge in [-0.15, -0.1) is 11.6 Å². The molecule has 16 heavy (non-hydrogen) atoms. The molecule has 1 fully saturated rings. The van der Waals surface area contributed by atoms with Gasteiger partial charge in [-0.3, -0.25) is 0 Å². The zero-order valence-corrected chi connectivity index (χ0v) is 10.3. The molecule has 1 aliphatic carbocycles. The number of sulfonamides is 1. The van der Waals surface area contributed by atoms with Crippen LogP contribution in [-0.4, -0.2) is 13.8 Å². The molecule has 2 rings (SSSR count). The molecule has 1 atom stereocenters. The van der Waals surface area contributed by atoms with Crippen LogP contribution >= 0.6 is 11.6 Å². The van der Waals surface area contributed by atoms with Crippen molar-refractivity contribution in [3.8, 4) is 0 Å². The average Bonchev–Trinajstić information content (AvgIpc) is 3.00. The summed E-state index contributed by atoms with van der Waals surface area (Å²) >= 11 is 6.20. The molecule has 1 aliphatic rings. The van der Waals surface area contributed by atoms with Crippen molar-refractivity contribution in [2.75, 3.05) is 0 Å². The molecule has 0 amide bonds. The predicted octanol–water partition coefficient (Wildman–Crippen LogP) is 1.89. The average molecular weight is 260 g/mol. The SMILES string of the molecule is NS(=O)(=O)c1ccc(CC(Cl)C2CC2)cc1. The standard InChI is InChI=1S/C11H14ClNO2S/c12-11(9-3-4-9)7-8-1-5-10(6-2-8)16(13,14)15/h1-2,5-6,9,11H,3-4,7H2,(H2,13,14,15). The largest absolute Gasteiger partial charge is 0.238 e. The van der Waals surface area contributed by atoms with Crippen molar-refractivity contribution in [3.05, 3.63) is 29.8 Å². The van der Waals surface area contributed by atoms with Crippen LogP contribution in [-0.2, 0) is 16.4 Å². The Morgan fingerprint density at radius 1 is 1.31 bits per heavy atom. The summed E-state index contributed by atoms with van der Waals surface area (Å²) in [6.45, 7) is 0. The number of halogens is 1. The van der Waals surface area contributed by atoms with Gasteiger partial charge in [-0.2, -0.15) is 0 Å². The van der Waals surface area contributed by atoms with Crippen molar-refractivity contribution in [2.45, 2.75) is 29.5 Å². The predicted molar refractivity (Wildman–Crippen MR) is 63.9 cm³/mol. The van der Waals surface area contributed by atoms with Crippen LogP contribution in [0.15, 0.2) is 29.2 Å². The third kappa shape index (κ3) is 2.97. The molecule has 0 saturated heterocycles. The molecule has 1 saturated carbocycles. The van der Waals surface area contributed by atoms with Gasteiger partial charge in [0.1, 0.15) is 0 Å². The summed E-state index contributed by atoms with van der Waals surface area (Å²) in [4.78, 5) is 0.147. The summed E-state index contributed by atoms with van der Waals surface area (Å²) in [5.74, 6) is 0.639. The number of rotatable bonds is 4. The van der Waals surface area contributed by atoms with Crippen molar-refractivity contribution < 1.29 is 8.42 Å². The Morgan fingerprint density at radius 2 is 1.88 bits per heavy atom. The summed E-state index contributed by atoms with van der Waals surface area (Å²) < 4.78 is 22.1. The maximum absolute atomic E-state index is 11.0. The molecule has 1 aromatic rings. The molecule has 0 aliphatic heterocycles. The van der Waals surface area contributed by atoms with Gasteiger partial charge in [0.25, 0.3) is 0 Å². The Kier molecular flexibility index (Phi) is 3.24. The molecule has 0 spiro atoms. The normalized spacial score (nSPS) is 18.4. The minimum Gasteiger partial charge on any atom is -0.225 e. The van der Waals surface area contributed by atoms with Crippen molar-refractivity contribution in [1.82, 2.24) is 0 Å². The third-order valence-corrected chi connectivity index (χ3v) is 4.26. The topological polar surface area (TPSA) is 60.2 Å². The molecular formula is C11H14ClNO2S. The first-order chi connectivity index (χ1) is 7.47. The molecule has 0 radical (unpaired) electrons. The van der Waals surface area contributed by atoms with E-state index in [1.54, 1.807) is 12.1 Å². The van der Waals surface area contributed by atoms with Gasteiger partial charge in [-0.1, -0.05) is 12.1 Å². The van der Waals surface area contributed by atoms with Crippen LogP contribution < -0.4 is 5.14 Å². The molecule has 1 unspecified atom stereocenters. The van der Waals surface area contributed by atoms with E-state index in [1.807, 2.05) is 0 Å². The van der Waals surface area contributed by atoms with Crippen LogP contribution in [0.5, 0.6) is 0 Å². The van der Waals surface area contributed by atoms with E-state index < -0.39 is 10.0 Å². The lowest BCUT2D eigenvalue weighted by Gasteiger charge is -2.08. The monoisotopic (exact) mass is 259 g/mol. The van der Waals surface area contributed by atoms with Crippen LogP contribution in [0.4, 0.5) is 0 Å². The Labute approximate surface area is 101 Å². The summed E-state index contributed by atoms with van der Waals surface area (Å²) in [6.07, 6.45) is 3.21. The van der Waals surface area contributed by atoms with Gasteiger partial charge in [0, 0.05) is 5.38 Å². The summed E-state index contributed by atoms with van der Waals surface area (Å²) in [5.41, 5.74) is 1.05. The zero-order valence-electron chi connectivity index (χ0n) is 8.77. The number of benzene rings is 1. The molecule has 0 bridgehead atoms. The number of hydrogen-bond donors (Lipinski definition) is 1. The van der Waals surface area contributed by atoms with Crippen LogP contribution in [0.3, 0.4) is 0 Å². The van der Waals surface area contributed by atoms with E-state index in [1.165, 1.54) is 25.0 Å². The lowest BCUT2D eigenvalue weighted by molar-refractivity contribution is 0.597. The molecular weight excluding hydrogens is 246 g/mol. The van der Waals surface area contributed by atoms with Gasteiger partial charge in [-0.25, -0.2) is 13.6 Å². The van der Waals surface area contributed by atoms with Crippen molar-refractivity contribution in [1.29, 1.82) is 0 Å². The third-order valence-electron chi connectivity index (χ3n) is 2.82. The van der Waals surface area contributed by atoms with Crippen molar-refractivity contribution in [3.63, 3.8) is 0 Å². The highest BCUT2D eigenvalue weighted by Gasteiger charge is 2.29. The first-order valence-corrected chi connectivity index (χ1v) is 7.21. The molecule has 2 N–H and O–H groups in total. The highest BCUT2D eigenvalue weighted by molar-refractivity contribution is 7.89. The lowest BCUT2D eigenvalue weighted by Crippen LogP contribution is -2.12. The number of primary sulfonamides is 1. The van der Waals surface area contributed by atoms with Gasteiger partial charge in [0.05, 0.1) is 4.90 Å². The van der Waals surface area contributed by atoms with Gasteiger partial charge in [0.2, 0.25) is 10.0 Å². The first kappa shape index (κ1) is 11.9. The second-order valence-electron chi connectivity index (χ2n) is 4.25. The maximum Gasteiger partial charge on any atom is 0.238 e. The quantitative estimate of drug-likeness (QED) is 0.840. The zero-order chi connectivity index (χ0) is 11.8. The Hall–Kier alpha value is -0.580. The van der Waals surface area contributed by atoms with E-state index in [2.05, 4.69) is 0 Å². The summed E-state index contributed by atoms with van der Waals surface area (Å²) in [7, 11) is -3.59. The second kappa shape index (κ2) is 4.35. The molecule has 0 heterocycles. The van der Waals surface area contributed by atoms with E-state index >= 15 is 0 Å². The van der Waals surface area contributed by atoms with E-state index in [9.17, 15) is 8.42 Å². The Balaban J connectivity index is 2.07. The maximum atomic E-state index is 11.0. The van der Waals surface area contributed by atoms with Crippen LogP contribution in [0.25, 0.3) is 0 Å². The minimum absolute atomic E-state index is 0.147. The van der Waals surface area contributed by atoms with Crippen LogP contribution in [0, 0.1) is 5.92 Å².